The van der Waals surface area contributed by atoms with E-state index in [4.69, 9.17) is 12.2 Å². The normalized spacial score (nSPS) is 21.8. The highest BCUT2D eigenvalue weighted by molar-refractivity contribution is 7.80. The molecule has 0 unspecified atom stereocenters. The smallest absolute Gasteiger partial charge is 0.226 e. The minimum absolute atomic E-state index is 0.0928. The lowest BCUT2D eigenvalue weighted by atomic mass is 9.96. The number of carbonyl (C=O) groups excluding carboxylic acids is 1. The molecule has 102 valence electrons. The van der Waals surface area contributed by atoms with Crippen molar-refractivity contribution in [3.63, 3.8) is 0 Å². The Labute approximate surface area is 115 Å². The van der Waals surface area contributed by atoms with E-state index in [-0.39, 0.29) is 5.91 Å². The molecule has 2 N–H and O–H groups in total. The molecule has 0 aromatic heterocycles. The fraction of sp³-hybridized carbons (Fsp3) is 0.857. The molecule has 18 heavy (non-hydrogen) atoms. The summed E-state index contributed by atoms with van der Waals surface area (Å²) in [7, 11) is 0. The Balaban J connectivity index is 1.64. The van der Waals surface area contributed by atoms with Crippen molar-refractivity contribution in [3.8, 4) is 0 Å². The van der Waals surface area contributed by atoms with Crippen LogP contribution in [0.15, 0.2) is 0 Å². The number of rotatable bonds is 3. The molecule has 2 aliphatic carbocycles. The Hall–Kier alpha value is -0.640. The van der Waals surface area contributed by atoms with Gasteiger partial charge in [-0.3, -0.25) is 4.79 Å². The maximum absolute atomic E-state index is 11.8. The first kappa shape index (κ1) is 13.8. The Morgan fingerprint density at radius 3 is 2.28 bits per heavy atom. The van der Waals surface area contributed by atoms with Gasteiger partial charge in [0, 0.05) is 12.5 Å². The van der Waals surface area contributed by atoms with E-state index in [0.717, 1.165) is 0 Å². The van der Waals surface area contributed by atoms with Gasteiger partial charge in [0.05, 0.1) is 0 Å². The van der Waals surface area contributed by atoms with Gasteiger partial charge in [-0.1, -0.05) is 32.1 Å². The van der Waals surface area contributed by atoms with Crippen LogP contribution in [0.1, 0.15) is 64.2 Å². The first-order chi connectivity index (χ1) is 8.74. The Morgan fingerprint density at radius 2 is 1.61 bits per heavy atom. The highest BCUT2D eigenvalue weighted by atomic mass is 32.1. The number of thiocarbonyl (C=S) groups is 1. The molecule has 0 spiro atoms. The molecule has 0 heterocycles. The molecule has 2 aliphatic rings. The van der Waals surface area contributed by atoms with Gasteiger partial charge in [-0.05, 0) is 43.8 Å². The van der Waals surface area contributed by atoms with Crippen molar-refractivity contribution in [3.05, 3.63) is 0 Å². The molecule has 0 atom stereocenters. The molecule has 0 aromatic carbocycles. The minimum atomic E-state index is 0.0928. The SMILES string of the molecule is O=C(CC1CCCC1)NC(=S)NC1CCCCC1. The zero-order valence-corrected chi connectivity index (χ0v) is 11.9. The van der Waals surface area contributed by atoms with Crippen LogP contribution in [0, 0.1) is 5.92 Å². The number of hydrogen-bond donors (Lipinski definition) is 2. The van der Waals surface area contributed by atoms with Crippen LogP contribution in [0.25, 0.3) is 0 Å². The van der Waals surface area contributed by atoms with Crippen molar-refractivity contribution in [2.75, 3.05) is 0 Å². The molecule has 2 saturated carbocycles. The van der Waals surface area contributed by atoms with Gasteiger partial charge in [0.1, 0.15) is 0 Å². The molecule has 0 radical (unpaired) electrons. The molecule has 1 amide bonds. The van der Waals surface area contributed by atoms with E-state index in [0.29, 0.717) is 23.5 Å². The second-order valence-electron chi connectivity index (χ2n) is 5.71. The molecule has 0 bridgehead atoms. The third-order valence-corrected chi connectivity index (χ3v) is 4.36. The van der Waals surface area contributed by atoms with Crippen molar-refractivity contribution in [2.45, 2.75) is 70.3 Å². The largest absolute Gasteiger partial charge is 0.360 e. The predicted molar refractivity (Wildman–Crippen MR) is 77.3 cm³/mol. The van der Waals surface area contributed by atoms with Crippen LogP contribution in [-0.2, 0) is 4.79 Å². The van der Waals surface area contributed by atoms with Crippen LogP contribution >= 0.6 is 12.2 Å². The van der Waals surface area contributed by atoms with Gasteiger partial charge < -0.3 is 10.6 Å². The lowest BCUT2D eigenvalue weighted by Crippen LogP contribution is -2.45. The van der Waals surface area contributed by atoms with Crippen molar-refractivity contribution < 1.29 is 4.79 Å². The van der Waals surface area contributed by atoms with E-state index in [1.54, 1.807) is 0 Å². The maximum atomic E-state index is 11.8. The van der Waals surface area contributed by atoms with Crippen molar-refractivity contribution in [2.24, 2.45) is 5.92 Å². The Morgan fingerprint density at radius 1 is 1.00 bits per heavy atom. The van der Waals surface area contributed by atoms with Gasteiger partial charge in [-0.15, -0.1) is 0 Å². The highest BCUT2D eigenvalue weighted by Crippen LogP contribution is 2.27. The summed E-state index contributed by atoms with van der Waals surface area (Å²) in [5, 5.41) is 6.64. The zero-order valence-electron chi connectivity index (χ0n) is 11.0. The van der Waals surface area contributed by atoms with Crippen molar-refractivity contribution in [1.82, 2.24) is 10.6 Å². The van der Waals surface area contributed by atoms with Crippen LogP contribution < -0.4 is 10.6 Å². The molecule has 3 nitrogen and oxygen atoms in total. The molecular formula is C14H24N2OS. The Kier molecular flexibility index (Phi) is 5.42. The lowest BCUT2D eigenvalue weighted by molar-refractivity contribution is -0.120. The van der Waals surface area contributed by atoms with E-state index in [1.165, 1.54) is 57.8 Å². The maximum Gasteiger partial charge on any atom is 0.226 e. The lowest BCUT2D eigenvalue weighted by Gasteiger charge is -2.24. The first-order valence-corrected chi connectivity index (χ1v) is 7.75. The van der Waals surface area contributed by atoms with Crippen LogP contribution in [-0.4, -0.2) is 17.1 Å². The van der Waals surface area contributed by atoms with E-state index in [9.17, 15) is 4.79 Å². The third kappa shape index (κ3) is 4.56. The second kappa shape index (κ2) is 7.07. The standard InChI is InChI=1S/C14H24N2OS/c17-13(10-11-6-4-5-7-11)16-14(18)15-12-8-2-1-3-9-12/h11-12H,1-10H2,(H2,15,16,17,18). The molecule has 2 fully saturated rings. The fourth-order valence-corrected chi connectivity index (χ4v) is 3.40. The average Bonchev–Trinajstić information content (AvgIpc) is 2.82. The van der Waals surface area contributed by atoms with Gasteiger partial charge in [0.2, 0.25) is 5.91 Å². The molecule has 0 aromatic rings. The summed E-state index contributed by atoms with van der Waals surface area (Å²) in [6, 6.07) is 0.470. The zero-order chi connectivity index (χ0) is 12.8. The monoisotopic (exact) mass is 268 g/mol. The summed E-state index contributed by atoms with van der Waals surface area (Å²) in [6.07, 6.45) is 11.9. The third-order valence-electron chi connectivity index (χ3n) is 4.14. The summed E-state index contributed by atoms with van der Waals surface area (Å²) in [6.45, 7) is 0. The fourth-order valence-electron chi connectivity index (χ4n) is 3.12. The molecule has 4 heteroatoms. The summed E-state index contributed by atoms with van der Waals surface area (Å²) in [5.41, 5.74) is 0. The van der Waals surface area contributed by atoms with E-state index < -0.39 is 0 Å². The van der Waals surface area contributed by atoms with Crippen molar-refractivity contribution >= 4 is 23.2 Å². The van der Waals surface area contributed by atoms with Gasteiger partial charge in [-0.25, -0.2) is 0 Å². The summed E-state index contributed by atoms with van der Waals surface area (Å²) in [4.78, 5) is 11.8. The molecular weight excluding hydrogens is 244 g/mol. The topological polar surface area (TPSA) is 41.1 Å². The van der Waals surface area contributed by atoms with Gasteiger partial charge in [-0.2, -0.15) is 0 Å². The van der Waals surface area contributed by atoms with Crippen LogP contribution in [0.5, 0.6) is 0 Å². The quantitative estimate of drug-likeness (QED) is 0.773. The van der Waals surface area contributed by atoms with Crippen LogP contribution in [0.2, 0.25) is 0 Å². The van der Waals surface area contributed by atoms with Crippen LogP contribution in [0.3, 0.4) is 0 Å². The van der Waals surface area contributed by atoms with E-state index in [2.05, 4.69) is 10.6 Å². The summed E-state index contributed by atoms with van der Waals surface area (Å²) < 4.78 is 0. The van der Waals surface area contributed by atoms with Crippen molar-refractivity contribution in [1.29, 1.82) is 0 Å². The first-order valence-electron chi connectivity index (χ1n) is 7.34. The molecule has 0 aliphatic heterocycles. The van der Waals surface area contributed by atoms with Gasteiger partial charge in [0.15, 0.2) is 5.11 Å². The summed E-state index contributed by atoms with van der Waals surface area (Å²) >= 11 is 5.21. The molecule has 2 rings (SSSR count). The van der Waals surface area contributed by atoms with Gasteiger partial charge in [0.25, 0.3) is 0 Å². The number of hydrogen-bond acceptors (Lipinski definition) is 2. The summed E-state index contributed by atoms with van der Waals surface area (Å²) in [5.74, 6) is 0.678. The highest BCUT2D eigenvalue weighted by Gasteiger charge is 2.20. The Bertz CT molecular complexity index is 294. The molecule has 0 saturated heterocycles. The number of nitrogens with one attached hydrogen (secondary N) is 2. The predicted octanol–water partition coefficient (Wildman–Crippen LogP) is 2.89. The van der Waals surface area contributed by atoms with E-state index >= 15 is 0 Å². The van der Waals surface area contributed by atoms with Gasteiger partial charge >= 0.3 is 0 Å². The van der Waals surface area contributed by atoms with Crippen LogP contribution in [0.4, 0.5) is 0 Å². The van der Waals surface area contributed by atoms with E-state index in [1.807, 2.05) is 0 Å². The number of carbonyl (C=O) groups is 1. The second-order valence-corrected chi connectivity index (χ2v) is 6.12. The minimum Gasteiger partial charge on any atom is -0.360 e. The average molecular weight is 268 g/mol. The number of amides is 1.